The van der Waals surface area contributed by atoms with Crippen LogP contribution in [0.4, 0.5) is 0 Å². The topological polar surface area (TPSA) is 42.2 Å². The van der Waals surface area contributed by atoms with Crippen molar-refractivity contribution in [3.05, 3.63) is 23.2 Å². The van der Waals surface area contributed by atoms with Crippen molar-refractivity contribution in [3.8, 4) is 0 Å². The van der Waals surface area contributed by atoms with E-state index in [0.717, 1.165) is 24.1 Å². The molecule has 1 aromatic heterocycles. The third-order valence-electron chi connectivity index (χ3n) is 3.49. The first-order valence-corrected chi connectivity index (χ1v) is 7.10. The Labute approximate surface area is 110 Å². The van der Waals surface area contributed by atoms with Crippen LogP contribution in [0.15, 0.2) is 10.5 Å². The highest BCUT2D eigenvalue weighted by Gasteiger charge is 2.41. The van der Waals surface area contributed by atoms with Crippen molar-refractivity contribution < 1.29 is 9.21 Å². The van der Waals surface area contributed by atoms with Gasteiger partial charge in [0.1, 0.15) is 11.5 Å². The van der Waals surface area contributed by atoms with Crippen LogP contribution in [0.2, 0.25) is 0 Å². The quantitative estimate of drug-likeness (QED) is 0.849. The van der Waals surface area contributed by atoms with Crippen LogP contribution in [0.1, 0.15) is 41.1 Å². The maximum atomic E-state index is 12.0. The van der Waals surface area contributed by atoms with Crippen molar-refractivity contribution >= 4 is 21.8 Å². The van der Waals surface area contributed by atoms with Gasteiger partial charge < -0.3 is 9.73 Å². The van der Waals surface area contributed by atoms with Crippen LogP contribution in [-0.2, 0) is 0 Å². The minimum atomic E-state index is -0.0137. The van der Waals surface area contributed by atoms with Gasteiger partial charge in [0.05, 0.1) is 5.56 Å². The SMILES string of the molecule is Cc1cc(C(=O)NCC2(CCBr)CC2)c(C)o1. The molecule has 0 radical (unpaired) electrons. The van der Waals surface area contributed by atoms with E-state index >= 15 is 0 Å². The van der Waals surface area contributed by atoms with Crippen molar-refractivity contribution in [2.75, 3.05) is 11.9 Å². The van der Waals surface area contributed by atoms with E-state index in [2.05, 4.69) is 21.2 Å². The maximum Gasteiger partial charge on any atom is 0.254 e. The molecule has 1 heterocycles. The zero-order valence-electron chi connectivity index (χ0n) is 10.3. The highest BCUT2D eigenvalue weighted by molar-refractivity contribution is 9.09. The van der Waals surface area contributed by atoms with Crippen molar-refractivity contribution in [1.29, 1.82) is 0 Å². The summed E-state index contributed by atoms with van der Waals surface area (Å²) in [7, 11) is 0. The van der Waals surface area contributed by atoms with Gasteiger partial charge in [-0.2, -0.15) is 0 Å². The van der Waals surface area contributed by atoms with Crippen LogP contribution >= 0.6 is 15.9 Å². The summed E-state index contributed by atoms with van der Waals surface area (Å²) in [6.45, 7) is 4.46. The highest BCUT2D eigenvalue weighted by Crippen LogP contribution is 2.48. The first-order valence-electron chi connectivity index (χ1n) is 5.97. The zero-order valence-corrected chi connectivity index (χ0v) is 11.9. The van der Waals surface area contributed by atoms with Crippen LogP contribution < -0.4 is 5.32 Å². The molecule has 3 nitrogen and oxygen atoms in total. The third kappa shape index (κ3) is 2.92. The lowest BCUT2D eigenvalue weighted by atomic mass is 10.0. The van der Waals surface area contributed by atoms with E-state index in [1.807, 2.05) is 13.8 Å². The number of carbonyl (C=O) groups is 1. The lowest BCUT2D eigenvalue weighted by Gasteiger charge is -2.14. The van der Waals surface area contributed by atoms with Gasteiger partial charge in [-0.1, -0.05) is 15.9 Å². The number of hydrogen-bond acceptors (Lipinski definition) is 2. The van der Waals surface area contributed by atoms with E-state index in [1.54, 1.807) is 6.07 Å². The van der Waals surface area contributed by atoms with E-state index in [4.69, 9.17) is 4.42 Å². The molecule has 1 aromatic rings. The molecule has 0 atom stereocenters. The van der Waals surface area contributed by atoms with E-state index < -0.39 is 0 Å². The number of hydrogen-bond donors (Lipinski definition) is 1. The van der Waals surface area contributed by atoms with Gasteiger partial charge in [0.2, 0.25) is 0 Å². The van der Waals surface area contributed by atoms with Gasteiger partial charge in [0.15, 0.2) is 0 Å². The summed E-state index contributed by atoms with van der Waals surface area (Å²) in [4.78, 5) is 12.0. The molecule has 4 heteroatoms. The van der Waals surface area contributed by atoms with Crippen molar-refractivity contribution in [1.82, 2.24) is 5.32 Å². The number of halogens is 1. The Morgan fingerprint density at radius 2 is 2.24 bits per heavy atom. The molecule has 1 aliphatic rings. The molecular formula is C13H18BrNO2. The molecule has 1 aliphatic carbocycles. The van der Waals surface area contributed by atoms with Crippen LogP contribution in [-0.4, -0.2) is 17.8 Å². The summed E-state index contributed by atoms with van der Waals surface area (Å²) < 4.78 is 5.36. The monoisotopic (exact) mass is 299 g/mol. The average Bonchev–Trinajstić information content (AvgIpc) is 2.95. The lowest BCUT2D eigenvalue weighted by Crippen LogP contribution is -2.30. The molecule has 1 N–H and O–H groups in total. The predicted molar refractivity (Wildman–Crippen MR) is 70.6 cm³/mol. The minimum absolute atomic E-state index is 0.0137. The lowest BCUT2D eigenvalue weighted by molar-refractivity contribution is 0.0943. The molecule has 1 amide bonds. The van der Waals surface area contributed by atoms with Gasteiger partial charge in [0.25, 0.3) is 5.91 Å². The Kier molecular flexibility index (Phi) is 3.61. The first kappa shape index (κ1) is 12.7. The van der Waals surface area contributed by atoms with Gasteiger partial charge in [-0.3, -0.25) is 4.79 Å². The molecule has 0 saturated heterocycles. The van der Waals surface area contributed by atoms with Crippen molar-refractivity contribution in [2.24, 2.45) is 5.41 Å². The molecule has 17 heavy (non-hydrogen) atoms. The number of nitrogens with one attached hydrogen (secondary N) is 1. The summed E-state index contributed by atoms with van der Waals surface area (Å²) in [5.74, 6) is 1.47. The fourth-order valence-electron chi connectivity index (χ4n) is 2.11. The normalized spacial score (nSPS) is 16.9. The van der Waals surface area contributed by atoms with Gasteiger partial charge in [0, 0.05) is 11.9 Å². The zero-order chi connectivity index (χ0) is 12.5. The van der Waals surface area contributed by atoms with Crippen molar-refractivity contribution in [2.45, 2.75) is 33.1 Å². The number of amides is 1. The second-order valence-corrected chi connectivity index (χ2v) is 5.74. The number of rotatable bonds is 5. The molecule has 1 saturated carbocycles. The Bertz CT molecular complexity index is 421. The third-order valence-corrected chi connectivity index (χ3v) is 3.89. The highest BCUT2D eigenvalue weighted by atomic mass is 79.9. The fraction of sp³-hybridized carbons (Fsp3) is 0.615. The van der Waals surface area contributed by atoms with E-state index in [1.165, 1.54) is 12.8 Å². The summed E-state index contributed by atoms with van der Waals surface area (Å²) in [5, 5.41) is 4.03. The van der Waals surface area contributed by atoms with E-state index in [0.29, 0.717) is 16.7 Å². The Balaban J connectivity index is 1.92. The van der Waals surface area contributed by atoms with Gasteiger partial charge >= 0.3 is 0 Å². The second-order valence-electron chi connectivity index (χ2n) is 4.95. The summed E-state index contributed by atoms with van der Waals surface area (Å²) in [5.41, 5.74) is 1.02. The molecule has 1 fully saturated rings. The van der Waals surface area contributed by atoms with Crippen LogP contribution in [0.3, 0.4) is 0 Å². The minimum Gasteiger partial charge on any atom is -0.466 e. The van der Waals surface area contributed by atoms with Crippen LogP contribution in [0.5, 0.6) is 0 Å². The Morgan fingerprint density at radius 1 is 1.53 bits per heavy atom. The fourth-order valence-corrected chi connectivity index (χ4v) is 2.95. The van der Waals surface area contributed by atoms with Crippen molar-refractivity contribution in [3.63, 3.8) is 0 Å². The molecule has 2 rings (SSSR count). The molecule has 0 aromatic carbocycles. The summed E-state index contributed by atoms with van der Waals surface area (Å²) in [6.07, 6.45) is 3.58. The second kappa shape index (κ2) is 4.84. The number of aryl methyl sites for hydroxylation is 2. The van der Waals surface area contributed by atoms with Crippen LogP contribution in [0.25, 0.3) is 0 Å². The molecule has 0 spiro atoms. The Hall–Kier alpha value is -0.770. The van der Waals surface area contributed by atoms with Gasteiger partial charge in [-0.15, -0.1) is 0 Å². The van der Waals surface area contributed by atoms with Gasteiger partial charge in [-0.05, 0) is 44.6 Å². The first-order chi connectivity index (χ1) is 8.06. The summed E-state index contributed by atoms with van der Waals surface area (Å²) >= 11 is 3.46. The molecule has 94 valence electrons. The van der Waals surface area contributed by atoms with E-state index in [9.17, 15) is 4.79 Å². The average molecular weight is 300 g/mol. The van der Waals surface area contributed by atoms with E-state index in [-0.39, 0.29) is 5.91 Å². The molecule has 0 aliphatic heterocycles. The molecule has 0 bridgehead atoms. The Morgan fingerprint density at radius 3 is 2.71 bits per heavy atom. The molecule has 0 unspecified atom stereocenters. The standard InChI is InChI=1S/C13H18BrNO2/c1-9-7-11(10(2)17-9)12(16)15-8-13(3-4-13)5-6-14/h7H,3-6,8H2,1-2H3,(H,15,16). The number of carbonyl (C=O) groups excluding carboxylic acids is 1. The van der Waals surface area contributed by atoms with Gasteiger partial charge in [-0.25, -0.2) is 0 Å². The smallest absolute Gasteiger partial charge is 0.254 e. The number of furan rings is 1. The predicted octanol–water partition coefficient (Wildman–Crippen LogP) is 3.19. The number of alkyl halides is 1. The molecular weight excluding hydrogens is 282 g/mol. The van der Waals surface area contributed by atoms with Crippen LogP contribution in [0, 0.1) is 19.3 Å². The largest absolute Gasteiger partial charge is 0.466 e. The maximum absolute atomic E-state index is 12.0. The summed E-state index contributed by atoms with van der Waals surface area (Å²) in [6, 6.07) is 1.80.